The van der Waals surface area contributed by atoms with Crippen LogP contribution in [0.25, 0.3) is 22.5 Å². The SMILES string of the molecule is O=C(CCc1nc(-c2ccc(-c3ccccc3)cc2)no1)Nc1ccccc1Cl. The van der Waals surface area contributed by atoms with E-state index in [-0.39, 0.29) is 12.3 Å². The van der Waals surface area contributed by atoms with Crippen LogP contribution in [0.1, 0.15) is 12.3 Å². The fraction of sp³-hybridized carbons (Fsp3) is 0.0870. The van der Waals surface area contributed by atoms with Crippen molar-refractivity contribution in [3.63, 3.8) is 0 Å². The van der Waals surface area contributed by atoms with Crippen LogP contribution in [-0.4, -0.2) is 16.0 Å². The van der Waals surface area contributed by atoms with E-state index in [1.165, 1.54) is 0 Å². The molecule has 1 aromatic heterocycles. The molecule has 144 valence electrons. The van der Waals surface area contributed by atoms with Gasteiger partial charge in [0.05, 0.1) is 10.7 Å². The number of halogens is 1. The van der Waals surface area contributed by atoms with Crippen molar-refractivity contribution < 1.29 is 9.32 Å². The van der Waals surface area contributed by atoms with Gasteiger partial charge in [-0.2, -0.15) is 4.98 Å². The Balaban J connectivity index is 1.37. The first-order chi connectivity index (χ1) is 14.2. The molecular formula is C23H18ClN3O2. The van der Waals surface area contributed by atoms with Crippen molar-refractivity contribution in [1.29, 1.82) is 0 Å². The Kier molecular flexibility index (Phi) is 5.68. The minimum atomic E-state index is -0.162. The van der Waals surface area contributed by atoms with Gasteiger partial charge in [-0.05, 0) is 23.3 Å². The van der Waals surface area contributed by atoms with Crippen LogP contribution in [-0.2, 0) is 11.2 Å². The number of aromatic nitrogens is 2. The maximum Gasteiger partial charge on any atom is 0.227 e. The van der Waals surface area contributed by atoms with Crippen molar-refractivity contribution >= 4 is 23.2 Å². The Hall–Kier alpha value is -3.44. The number of amides is 1. The molecule has 0 radical (unpaired) electrons. The molecule has 1 heterocycles. The Morgan fingerprint density at radius 3 is 2.28 bits per heavy atom. The first-order valence-corrected chi connectivity index (χ1v) is 9.60. The van der Waals surface area contributed by atoms with Crippen LogP contribution < -0.4 is 5.32 Å². The first kappa shape index (κ1) is 18.9. The van der Waals surface area contributed by atoms with Crippen molar-refractivity contribution in [2.45, 2.75) is 12.8 Å². The molecule has 4 aromatic rings. The van der Waals surface area contributed by atoms with Gasteiger partial charge in [-0.15, -0.1) is 0 Å². The largest absolute Gasteiger partial charge is 0.339 e. The molecule has 0 saturated heterocycles. The number of rotatable bonds is 6. The lowest BCUT2D eigenvalue weighted by Gasteiger charge is -2.05. The molecular weight excluding hydrogens is 386 g/mol. The number of hydrogen-bond acceptors (Lipinski definition) is 4. The van der Waals surface area contributed by atoms with Gasteiger partial charge in [-0.1, -0.05) is 83.5 Å². The summed E-state index contributed by atoms with van der Waals surface area (Å²) in [6.07, 6.45) is 0.575. The summed E-state index contributed by atoms with van der Waals surface area (Å²) in [5.74, 6) is 0.762. The topological polar surface area (TPSA) is 68.0 Å². The molecule has 0 aliphatic heterocycles. The summed E-state index contributed by atoms with van der Waals surface area (Å²) in [6, 6.07) is 25.2. The lowest BCUT2D eigenvalue weighted by atomic mass is 10.0. The third-order valence-electron chi connectivity index (χ3n) is 4.43. The van der Waals surface area contributed by atoms with E-state index in [4.69, 9.17) is 16.1 Å². The van der Waals surface area contributed by atoms with Gasteiger partial charge < -0.3 is 9.84 Å². The van der Waals surface area contributed by atoms with Crippen molar-refractivity contribution in [3.05, 3.63) is 89.8 Å². The fourth-order valence-electron chi connectivity index (χ4n) is 2.91. The van der Waals surface area contributed by atoms with Gasteiger partial charge in [0.25, 0.3) is 0 Å². The van der Waals surface area contributed by atoms with E-state index in [2.05, 4.69) is 27.6 Å². The molecule has 1 amide bonds. The summed E-state index contributed by atoms with van der Waals surface area (Å²) < 4.78 is 5.29. The van der Waals surface area contributed by atoms with E-state index >= 15 is 0 Å². The van der Waals surface area contributed by atoms with Gasteiger partial charge in [0.1, 0.15) is 0 Å². The van der Waals surface area contributed by atoms with Crippen LogP contribution in [0.4, 0.5) is 5.69 Å². The molecule has 0 spiro atoms. The summed E-state index contributed by atoms with van der Waals surface area (Å²) in [4.78, 5) is 16.5. The zero-order chi connectivity index (χ0) is 20.1. The van der Waals surface area contributed by atoms with E-state index in [9.17, 15) is 4.79 Å². The monoisotopic (exact) mass is 403 g/mol. The Morgan fingerprint density at radius 1 is 0.862 bits per heavy atom. The molecule has 0 bridgehead atoms. The van der Waals surface area contributed by atoms with Crippen LogP contribution in [0.3, 0.4) is 0 Å². The predicted octanol–water partition coefficient (Wildman–Crippen LogP) is 5.63. The van der Waals surface area contributed by atoms with Gasteiger partial charge in [0.15, 0.2) is 0 Å². The van der Waals surface area contributed by atoms with Gasteiger partial charge in [0.2, 0.25) is 17.6 Å². The van der Waals surface area contributed by atoms with Crippen LogP contribution in [0.2, 0.25) is 5.02 Å². The highest BCUT2D eigenvalue weighted by atomic mass is 35.5. The van der Waals surface area contributed by atoms with Crippen LogP contribution in [0, 0.1) is 0 Å². The zero-order valence-electron chi connectivity index (χ0n) is 15.5. The second-order valence-corrected chi connectivity index (χ2v) is 6.89. The summed E-state index contributed by atoms with van der Waals surface area (Å²) in [7, 11) is 0. The maximum atomic E-state index is 12.1. The summed E-state index contributed by atoms with van der Waals surface area (Å²) in [5.41, 5.74) is 3.72. The van der Waals surface area contributed by atoms with E-state index < -0.39 is 0 Å². The lowest BCUT2D eigenvalue weighted by Crippen LogP contribution is -2.12. The molecule has 5 nitrogen and oxygen atoms in total. The molecule has 0 fully saturated rings. The third kappa shape index (κ3) is 4.70. The maximum absolute atomic E-state index is 12.1. The molecule has 0 unspecified atom stereocenters. The normalized spacial score (nSPS) is 10.7. The van der Waals surface area contributed by atoms with Gasteiger partial charge >= 0.3 is 0 Å². The van der Waals surface area contributed by atoms with E-state index in [1.54, 1.807) is 12.1 Å². The first-order valence-electron chi connectivity index (χ1n) is 9.22. The zero-order valence-corrected chi connectivity index (χ0v) is 16.3. The molecule has 0 saturated carbocycles. The standard InChI is InChI=1S/C23H18ClN3O2/c24-19-8-4-5-9-20(19)25-21(28)14-15-22-26-23(27-29-22)18-12-10-17(11-13-18)16-6-2-1-3-7-16/h1-13H,14-15H2,(H,25,28). The van der Waals surface area contributed by atoms with Gasteiger partial charge in [0, 0.05) is 18.4 Å². The number of hydrogen-bond donors (Lipinski definition) is 1. The number of benzene rings is 3. The molecule has 6 heteroatoms. The number of carbonyl (C=O) groups excluding carboxylic acids is 1. The lowest BCUT2D eigenvalue weighted by molar-refractivity contribution is -0.116. The quantitative estimate of drug-likeness (QED) is 0.453. The molecule has 0 atom stereocenters. The highest BCUT2D eigenvalue weighted by Gasteiger charge is 2.12. The van der Waals surface area contributed by atoms with Crippen molar-refractivity contribution in [1.82, 2.24) is 10.1 Å². The molecule has 29 heavy (non-hydrogen) atoms. The van der Waals surface area contributed by atoms with E-state index in [1.807, 2.05) is 54.6 Å². The van der Waals surface area contributed by atoms with Gasteiger partial charge in [-0.25, -0.2) is 0 Å². The molecule has 0 aliphatic carbocycles. The van der Waals surface area contributed by atoms with Crippen LogP contribution in [0.5, 0.6) is 0 Å². The number of carbonyl (C=O) groups is 1. The molecule has 3 aromatic carbocycles. The Morgan fingerprint density at radius 2 is 1.52 bits per heavy atom. The van der Waals surface area contributed by atoms with Crippen molar-refractivity contribution in [2.75, 3.05) is 5.32 Å². The second kappa shape index (κ2) is 8.71. The van der Waals surface area contributed by atoms with Crippen molar-refractivity contribution in [2.24, 2.45) is 0 Å². The number of aryl methyl sites for hydroxylation is 1. The summed E-state index contributed by atoms with van der Waals surface area (Å²) in [5, 5.41) is 7.31. The van der Waals surface area contributed by atoms with Crippen molar-refractivity contribution in [3.8, 4) is 22.5 Å². The smallest absolute Gasteiger partial charge is 0.227 e. The van der Waals surface area contributed by atoms with E-state index in [0.717, 1.165) is 16.7 Å². The highest BCUT2D eigenvalue weighted by molar-refractivity contribution is 6.33. The average Bonchev–Trinajstić information content (AvgIpc) is 3.24. The molecule has 1 N–H and O–H groups in total. The van der Waals surface area contributed by atoms with Crippen LogP contribution >= 0.6 is 11.6 Å². The van der Waals surface area contributed by atoms with E-state index in [0.29, 0.717) is 28.8 Å². The Labute approximate surface area is 173 Å². The van der Waals surface area contributed by atoms with Gasteiger partial charge in [-0.3, -0.25) is 4.79 Å². The minimum absolute atomic E-state index is 0.162. The summed E-state index contributed by atoms with van der Waals surface area (Å²) >= 11 is 6.05. The Bertz CT molecular complexity index is 1110. The molecule has 0 aliphatic rings. The molecule has 4 rings (SSSR count). The number of nitrogens with one attached hydrogen (secondary N) is 1. The highest BCUT2D eigenvalue weighted by Crippen LogP contribution is 2.24. The third-order valence-corrected chi connectivity index (χ3v) is 4.76. The predicted molar refractivity (Wildman–Crippen MR) is 114 cm³/mol. The van der Waals surface area contributed by atoms with Crippen LogP contribution in [0.15, 0.2) is 83.4 Å². The number of nitrogens with zero attached hydrogens (tertiary/aromatic N) is 2. The number of para-hydroxylation sites is 1. The fourth-order valence-corrected chi connectivity index (χ4v) is 3.09. The summed E-state index contributed by atoms with van der Waals surface area (Å²) in [6.45, 7) is 0. The second-order valence-electron chi connectivity index (χ2n) is 6.48. The minimum Gasteiger partial charge on any atom is -0.339 e. The average molecular weight is 404 g/mol. The number of anilines is 1.